The number of nitrogens with zero attached hydrogens (tertiary/aromatic N) is 2. The van der Waals surface area contributed by atoms with Crippen molar-refractivity contribution in [1.82, 2.24) is 0 Å². The van der Waals surface area contributed by atoms with Crippen molar-refractivity contribution in [3.05, 3.63) is 35.6 Å². The maximum absolute atomic E-state index is 14.0. The van der Waals surface area contributed by atoms with E-state index in [9.17, 15) is 4.39 Å². The Morgan fingerprint density at radius 3 is 2.53 bits per heavy atom. The molecule has 0 fully saturated rings. The first-order chi connectivity index (χ1) is 8.81. The zero-order chi connectivity index (χ0) is 14.3. The molecule has 0 aliphatic carbocycles. The molecule has 1 aliphatic heterocycles. The molecule has 104 valence electrons. The molecule has 1 heterocycles. The van der Waals surface area contributed by atoms with Crippen LogP contribution in [0.2, 0.25) is 0 Å². The Balaban J connectivity index is 2.59. The van der Waals surface area contributed by atoms with Crippen LogP contribution in [0.3, 0.4) is 0 Å². The first-order valence-electron chi connectivity index (χ1n) is 6.23. The van der Waals surface area contributed by atoms with Gasteiger partial charge < -0.3 is 5.73 Å². The predicted octanol–water partition coefficient (Wildman–Crippen LogP) is 2.62. The van der Waals surface area contributed by atoms with Gasteiger partial charge in [-0.05, 0) is 26.8 Å². The van der Waals surface area contributed by atoms with Crippen LogP contribution in [-0.4, -0.2) is 23.4 Å². The molecule has 0 saturated carbocycles. The molecule has 2 N–H and O–H groups in total. The highest BCUT2D eigenvalue weighted by molar-refractivity contribution is 7.89. The average molecular weight is 281 g/mol. The van der Waals surface area contributed by atoms with Gasteiger partial charge in [0.05, 0.1) is 10.3 Å². The van der Waals surface area contributed by atoms with Crippen LogP contribution in [0.25, 0.3) is 0 Å². The van der Waals surface area contributed by atoms with E-state index in [4.69, 9.17) is 5.73 Å². The molecule has 2 rings (SSSR count). The fourth-order valence-electron chi connectivity index (χ4n) is 2.33. The van der Waals surface area contributed by atoms with Gasteiger partial charge in [-0.3, -0.25) is 9.36 Å². The first-order valence-corrected chi connectivity index (χ1v) is 7.58. The summed E-state index contributed by atoms with van der Waals surface area (Å²) in [4.78, 5) is 4.60. The fourth-order valence-corrected chi connectivity index (χ4v) is 4.31. The summed E-state index contributed by atoms with van der Waals surface area (Å²) in [6.07, 6.45) is 0. The van der Waals surface area contributed by atoms with Gasteiger partial charge in [0.2, 0.25) is 0 Å². The van der Waals surface area contributed by atoms with Gasteiger partial charge in [-0.15, -0.1) is 0 Å². The lowest BCUT2D eigenvalue weighted by Crippen LogP contribution is -2.51. The van der Waals surface area contributed by atoms with Crippen molar-refractivity contribution in [3.8, 4) is 0 Å². The van der Waals surface area contributed by atoms with Gasteiger partial charge in [0.1, 0.15) is 11.7 Å². The first kappa shape index (κ1) is 14.2. The van der Waals surface area contributed by atoms with Crippen molar-refractivity contribution in [2.45, 2.75) is 31.1 Å². The minimum Gasteiger partial charge on any atom is -0.386 e. The molecule has 0 radical (unpaired) electrons. The number of benzene rings is 1. The fraction of sp³-hybridized carbons (Fsp3) is 0.500. The largest absolute Gasteiger partial charge is 0.386 e. The number of aliphatic imine (C=N–C) groups is 1. The lowest BCUT2D eigenvalue weighted by Gasteiger charge is -2.40. The standard InChI is InChI=1S/C14H20FN3S/c1-13(2)12(16)18-14(3,9-19(13)17-4)10-7-5-6-8-11(10)15/h5-8H,9H2,1-4H3,(H2,16,18)/t14-,19-/m0/s1. The second-order valence-electron chi connectivity index (χ2n) is 5.45. The highest BCUT2D eigenvalue weighted by Crippen LogP contribution is 2.36. The SMILES string of the molecule is CN=[S@]1C[C@@](C)(c2ccccc2F)N=C(N)C1(C)C. The molecule has 1 aliphatic rings. The molecule has 1 aromatic carbocycles. The Hall–Kier alpha value is -1.23. The zero-order valence-electron chi connectivity index (χ0n) is 11.8. The minimum absolute atomic E-state index is 0.235. The van der Waals surface area contributed by atoms with Crippen LogP contribution in [0.4, 0.5) is 4.39 Å². The van der Waals surface area contributed by atoms with Crippen LogP contribution in [0.15, 0.2) is 33.6 Å². The van der Waals surface area contributed by atoms with Crippen LogP contribution in [-0.2, 0) is 16.2 Å². The quantitative estimate of drug-likeness (QED) is 0.845. The van der Waals surface area contributed by atoms with E-state index < -0.39 is 5.54 Å². The summed E-state index contributed by atoms with van der Waals surface area (Å²) < 4.78 is 18.2. The van der Waals surface area contributed by atoms with Gasteiger partial charge in [-0.1, -0.05) is 28.9 Å². The Kier molecular flexibility index (Phi) is 3.51. The van der Waals surface area contributed by atoms with E-state index in [2.05, 4.69) is 9.36 Å². The van der Waals surface area contributed by atoms with Crippen LogP contribution in [0.5, 0.6) is 0 Å². The summed E-state index contributed by atoms with van der Waals surface area (Å²) >= 11 is 0. The zero-order valence-corrected chi connectivity index (χ0v) is 12.6. The molecular weight excluding hydrogens is 261 g/mol. The van der Waals surface area contributed by atoms with Crippen molar-refractivity contribution in [1.29, 1.82) is 0 Å². The average Bonchev–Trinajstić information content (AvgIpc) is 2.34. The maximum Gasteiger partial charge on any atom is 0.128 e. The molecule has 0 amide bonds. The predicted molar refractivity (Wildman–Crippen MR) is 80.0 cm³/mol. The van der Waals surface area contributed by atoms with E-state index in [1.807, 2.05) is 26.8 Å². The van der Waals surface area contributed by atoms with E-state index in [1.54, 1.807) is 19.2 Å². The second kappa shape index (κ2) is 4.71. The van der Waals surface area contributed by atoms with Gasteiger partial charge in [0, 0.05) is 18.4 Å². The number of halogens is 1. The normalized spacial score (nSPS) is 30.2. The van der Waals surface area contributed by atoms with Gasteiger partial charge in [-0.25, -0.2) is 4.39 Å². The third-order valence-electron chi connectivity index (χ3n) is 3.67. The van der Waals surface area contributed by atoms with E-state index in [0.29, 0.717) is 17.2 Å². The number of hydrogen-bond acceptors (Lipinski definition) is 3. The summed E-state index contributed by atoms with van der Waals surface area (Å²) in [5, 5.41) is 0. The van der Waals surface area contributed by atoms with Gasteiger partial charge in [-0.2, -0.15) is 0 Å². The molecule has 2 atom stereocenters. The second-order valence-corrected chi connectivity index (χ2v) is 7.86. The third-order valence-corrected chi connectivity index (χ3v) is 6.33. The number of rotatable bonds is 1. The van der Waals surface area contributed by atoms with Crippen molar-refractivity contribution < 1.29 is 4.39 Å². The lowest BCUT2D eigenvalue weighted by molar-refractivity contribution is 0.501. The molecule has 0 unspecified atom stereocenters. The van der Waals surface area contributed by atoms with Crippen LogP contribution in [0, 0.1) is 5.82 Å². The Morgan fingerprint density at radius 2 is 1.95 bits per heavy atom. The van der Waals surface area contributed by atoms with E-state index >= 15 is 0 Å². The summed E-state index contributed by atoms with van der Waals surface area (Å²) in [5.41, 5.74) is 6.08. The Morgan fingerprint density at radius 1 is 1.32 bits per heavy atom. The van der Waals surface area contributed by atoms with E-state index in [0.717, 1.165) is 0 Å². The Labute approximate surface area is 116 Å². The van der Waals surface area contributed by atoms with Crippen LogP contribution in [0.1, 0.15) is 26.3 Å². The highest BCUT2D eigenvalue weighted by Gasteiger charge is 2.42. The highest BCUT2D eigenvalue weighted by atomic mass is 32.2. The summed E-state index contributed by atoms with van der Waals surface area (Å²) in [6.45, 7) is 6.02. The maximum atomic E-state index is 14.0. The number of nitrogens with two attached hydrogens (primary N) is 1. The molecule has 19 heavy (non-hydrogen) atoms. The van der Waals surface area contributed by atoms with Gasteiger partial charge in [0.15, 0.2) is 0 Å². The van der Waals surface area contributed by atoms with E-state index in [1.165, 1.54) is 6.07 Å². The number of amidine groups is 1. The summed E-state index contributed by atoms with van der Waals surface area (Å²) in [6, 6.07) is 6.76. The van der Waals surface area contributed by atoms with Crippen molar-refractivity contribution in [2.24, 2.45) is 15.1 Å². The van der Waals surface area contributed by atoms with Crippen LogP contribution < -0.4 is 5.73 Å². The van der Waals surface area contributed by atoms with E-state index in [-0.39, 0.29) is 21.3 Å². The smallest absolute Gasteiger partial charge is 0.128 e. The molecule has 1 aromatic rings. The lowest BCUT2D eigenvalue weighted by atomic mass is 9.93. The van der Waals surface area contributed by atoms with Crippen molar-refractivity contribution in [2.75, 3.05) is 12.8 Å². The molecular formula is C14H20FN3S. The molecule has 0 bridgehead atoms. The molecule has 0 spiro atoms. The molecule has 0 aromatic heterocycles. The third kappa shape index (κ3) is 2.31. The minimum atomic E-state index is -0.631. The summed E-state index contributed by atoms with van der Waals surface area (Å²) in [5.74, 6) is 1.01. The van der Waals surface area contributed by atoms with Crippen LogP contribution >= 0.6 is 0 Å². The van der Waals surface area contributed by atoms with Gasteiger partial charge in [0.25, 0.3) is 0 Å². The molecule has 0 saturated heterocycles. The number of hydrogen-bond donors (Lipinski definition) is 1. The molecule has 5 heteroatoms. The topological polar surface area (TPSA) is 50.7 Å². The summed E-state index contributed by atoms with van der Waals surface area (Å²) in [7, 11) is 1.53. The van der Waals surface area contributed by atoms with Crippen molar-refractivity contribution in [3.63, 3.8) is 0 Å². The monoisotopic (exact) mass is 281 g/mol. The molecule has 3 nitrogen and oxygen atoms in total. The van der Waals surface area contributed by atoms with Gasteiger partial charge >= 0.3 is 0 Å². The Bertz CT molecular complexity index is 566. The van der Waals surface area contributed by atoms with Crippen molar-refractivity contribution >= 4 is 16.5 Å².